The second kappa shape index (κ2) is 7.12. The summed E-state index contributed by atoms with van der Waals surface area (Å²) in [7, 11) is 0. The summed E-state index contributed by atoms with van der Waals surface area (Å²) >= 11 is 0. The molecule has 0 aromatic carbocycles. The van der Waals surface area contributed by atoms with Crippen LogP contribution in [0.5, 0.6) is 0 Å². The van der Waals surface area contributed by atoms with Crippen LogP contribution < -0.4 is 0 Å². The van der Waals surface area contributed by atoms with Gasteiger partial charge in [0.25, 0.3) is 5.91 Å². The molecule has 0 radical (unpaired) electrons. The first-order chi connectivity index (χ1) is 12.2. The molecule has 0 unspecified atom stereocenters. The predicted molar refractivity (Wildman–Crippen MR) is 93.5 cm³/mol. The van der Waals surface area contributed by atoms with E-state index < -0.39 is 0 Å². The van der Waals surface area contributed by atoms with Crippen LogP contribution in [-0.4, -0.2) is 49.8 Å². The van der Waals surface area contributed by atoms with Crippen LogP contribution in [0.15, 0.2) is 16.5 Å². The fourth-order valence-corrected chi connectivity index (χ4v) is 4.47. The Hall–Kier alpha value is -1.33. The Labute approximate surface area is 149 Å². The molecule has 0 N–H and O–H groups in total. The number of nitrogens with zero attached hydrogens (tertiary/aromatic N) is 1. The van der Waals surface area contributed by atoms with E-state index >= 15 is 0 Å². The Kier molecular flexibility index (Phi) is 4.87. The highest BCUT2D eigenvalue weighted by Gasteiger charge is 2.47. The van der Waals surface area contributed by atoms with Crippen LogP contribution in [0.2, 0.25) is 0 Å². The van der Waals surface area contributed by atoms with Crippen molar-refractivity contribution in [1.29, 1.82) is 0 Å². The van der Waals surface area contributed by atoms with Crippen molar-refractivity contribution in [3.8, 4) is 0 Å². The zero-order valence-corrected chi connectivity index (χ0v) is 15.2. The molecule has 0 spiro atoms. The monoisotopic (exact) mass is 347 g/mol. The van der Waals surface area contributed by atoms with Gasteiger partial charge >= 0.3 is 0 Å². The van der Waals surface area contributed by atoms with Crippen LogP contribution in [-0.2, 0) is 9.47 Å². The number of piperidine rings is 1. The van der Waals surface area contributed by atoms with E-state index in [-0.39, 0.29) is 17.4 Å². The van der Waals surface area contributed by atoms with Crippen LogP contribution in [0.3, 0.4) is 0 Å². The van der Waals surface area contributed by atoms with Gasteiger partial charge in [0.15, 0.2) is 5.76 Å². The van der Waals surface area contributed by atoms with Gasteiger partial charge in [-0.25, -0.2) is 0 Å². The van der Waals surface area contributed by atoms with Gasteiger partial charge in [-0.2, -0.15) is 0 Å². The molecule has 4 rings (SSSR count). The maximum atomic E-state index is 12.8. The predicted octanol–water partition coefficient (Wildman–Crippen LogP) is 3.42. The summed E-state index contributed by atoms with van der Waals surface area (Å²) in [6.07, 6.45) is 7.16. The van der Waals surface area contributed by atoms with Crippen LogP contribution >= 0.6 is 0 Å². The number of fused-ring (bicyclic) bond motifs is 1. The van der Waals surface area contributed by atoms with Crippen LogP contribution in [0.25, 0.3) is 0 Å². The standard InChI is InChI=1S/C20H29NO4/c1-15-6-7-17(25-15)19(22)21-10-8-18-20(13-21,9-3-11-24-18)14-23-12-16-4-2-5-16/h6-7,16,18H,2-5,8-14H2,1H3/t18-,20-/m1/s1. The van der Waals surface area contributed by atoms with Gasteiger partial charge in [-0.3, -0.25) is 4.79 Å². The number of ether oxygens (including phenoxy) is 2. The summed E-state index contributed by atoms with van der Waals surface area (Å²) in [5.41, 5.74) is -0.0580. The average molecular weight is 347 g/mol. The average Bonchev–Trinajstić information content (AvgIpc) is 3.02. The van der Waals surface area contributed by atoms with Gasteiger partial charge < -0.3 is 18.8 Å². The molecule has 5 nitrogen and oxygen atoms in total. The number of carbonyl (C=O) groups excluding carboxylic acids is 1. The third-order valence-corrected chi connectivity index (χ3v) is 6.19. The van der Waals surface area contributed by atoms with Gasteiger partial charge in [0.05, 0.1) is 12.7 Å². The first-order valence-electron chi connectivity index (χ1n) is 9.71. The molecule has 3 heterocycles. The fraction of sp³-hybridized carbons (Fsp3) is 0.750. The van der Waals surface area contributed by atoms with Crippen molar-refractivity contribution < 1.29 is 18.7 Å². The third kappa shape index (κ3) is 3.49. The molecule has 1 saturated carbocycles. The van der Waals surface area contributed by atoms with Gasteiger partial charge in [-0.05, 0) is 57.1 Å². The summed E-state index contributed by atoms with van der Waals surface area (Å²) in [4.78, 5) is 14.8. The van der Waals surface area contributed by atoms with E-state index in [0.717, 1.165) is 50.7 Å². The van der Waals surface area contributed by atoms with E-state index in [9.17, 15) is 4.79 Å². The largest absolute Gasteiger partial charge is 0.456 e. The molecule has 0 bridgehead atoms. The highest BCUT2D eigenvalue weighted by atomic mass is 16.5. The lowest BCUT2D eigenvalue weighted by molar-refractivity contribution is -0.150. The number of aryl methyl sites for hydroxylation is 1. The quantitative estimate of drug-likeness (QED) is 0.819. The molecule has 2 saturated heterocycles. The maximum absolute atomic E-state index is 12.8. The second-order valence-electron chi connectivity index (χ2n) is 8.06. The molecule has 1 aromatic rings. The molecule has 1 aromatic heterocycles. The van der Waals surface area contributed by atoms with Gasteiger partial charge in [0, 0.05) is 31.7 Å². The minimum absolute atomic E-state index is 0.00417. The first-order valence-corrected chi connectivity index (χ1v) is 9.71. The number of amides is 1. The highest BCUT2D eigenvalue weighted by Crippen LogP contribution is 2.41. The van der Waals surface area contributed by atoms with Crippen molar-refractivity contribution in [2.24, 2.45) is 11.3 Å². The second-order valence-corrected chi connectivity index (χ2v) is 8.06. The fourth-order valence-electron chi connectivity index (χ4n) is 4.47. The lowest BCUT2D eigenvalue weighted by atomic mass is 9.73. The van der Waals surface area contributed by atoms with Crippen LogP contribution in [0, 0.1) is 18.3 Å². The Morgan fingerprint density at radius 3 is 2.92 bits per heavy atom. The third-order valence-electron chi connectivity index (χ3n) is 6.19. The molecule has 25 heavy (non-hydrogen) atoms. The minimum Gasteiger partial charge on any atom is -0.456 e. The van der Waals surface area contributed by atoms with E-state index in [4.69, 9.17) is 13.9 Å². The SMILES string of the molecule is Cc1ccc(C(=O)N2CC[C@H]3OCCC[C@]3(COCC3CCC3)C2)o1. The molecular weight excluding hydrogens is 318 g/mol. The van der Waals surface area contributed by atoms with E-state index in [0.29, 0.717) is 18.9 Å². The van der Waals surface area contributed by atoms with Crippen molar-refractivity contribution in [3.63, 3.8) is 0 Å². The van der Waals surface area contributed by atoms with Crippen LogP contribution in [0.1, 0.15) is 54.8 Å². The van der Waals surface area contributed by atoms with Crippen molar-refractivity contribution in [3.05, 3.63) is 23.7 Å². The van der Waals surface area contributed by atoms with Gasteiger partial charge in [0.1, 0.15) is 5.76 Å². The van der Waals surface area contributed by atoms with Crippen molar-refractivity contribution in [1.82, 2.24) is 4.90 Å². The summed E-state index contributed by atoms with van der Waals surface area (Å²) in [5, 5.41) is 0. The van der Waals surface area contributed by atoms with Gasteiger partial charge in [-0.15, -0.1) is 0 Å². The zero-order valence-electron chi connectivity index (χ0n) is 15.2. The number of furan rings is 1. The Morgan fingerprint density at radius 1 is 1.32 bits per heavy atom. The summed E-state index contributed by atoms with van der Waals surface area (Å²) in [6, 6.07) is 3.63. The number of likely N-dealkylation sites (tertiary alicyclic amines) is 1. The lowest BCUT2D eigenvalue weighted by Crippen LogP contribution is -2.58. The van der Waals surface area contributed by atoms with Crippen molar-refractivity contribution in [2.75, 3.05) is 32.9 Å². The summed E-state index contributed by atoms with van der Waals surface area (Å²) in [5.74, 6) is 1.96. The number of rotatable bonds is 5. The van der Waals surface area contributed by atoms with E-state index in [2.05, 4.69) is 0 Å². The molecule has 3 aliphatic rings. The van der Waals surface area contributed by atoms with E-state index in [1.165, 1.54) is 19.3 Å². The molecule has 1 amide bonds. The smallest absolute Gasteiger partial charge is 0.289 e. The van der Waals surface area contributed by atoms with Crippen molar-refractivity contribution >= 4 is 5.91 Å². The van der Waals surface area contributed by atoms with E-state index in [1.54, 1.807) is 6.07 Å². The number of hydrogen-bond acceptors (Lipinski definition) is 4. The van der Waals surface area contributed by atoms with Gasteiger partial charge in [-0.1, -0.05) is 6.42 Å². The highest BCUT2D eigenvalue weighted by molar-refractivity contribution is 5.91. The molecule has 5 heteroatoms. The maximum Gasteiger partial charge on any atom is 0.289 e. The first kappa shape index (κ1) is 17.1. The molecule has 3 fully saturated rings. The molecule has 1 aliphatic carbocycles. The Morgan fingerprint density at radius 2 is 2.20 bits per heavy atom. The minimum atomic E-state index is -0.0580. The summed E-state index contributed by atoms with van der Waals surface area (Å²) < 4.78 is 17.8. The van der Waals surface area contributed by atoms with Crippen molar-refractivity contribution in [2.45, 2.75) is 51.6 Å². The summed E-state index contributed by atoms with van der Waals surface area (Å²) in [6.45, 7) is 5.71. The topological polar surface area (TPSA) is 51.9 Å². The molecular formula is C20H29NO4. The molecule has 2 atom stereocenters. The lowest BCUT2D eigenvalue weighted by Gasteiger charge is -2.50. The van der Waals surface area contributed by atoms with Gasteiger partial charge in [0.2, 0.25) is 0 Å². The molecule has 2 aliphatic heterocycles. The zero-order chi connectivity index (χ0) is 17.3. The molecule has 138 valence electrons. The normalized spacial score (nSPS) is 30.0. The van der Waals surface area contributed by atoms with E-state index in [1.807, 2.05) is 17.9 Å². The van der Waals surface area contributed by atoms with Crippen LogP contribution in [0.4, 0.5) is 0 Å². The number of carbonyl (C=O) groups is 1. The Balaban J connectivity index is 1.44. The number of hydrogen-bond donors (Lipinski definition) is 0. The Bertz CT molecular complexity index is 609.